The third-order valence-corrected chi connectivity index (χ3v) is 5.24. The molecular formula is C23H23Cl2NO2. The highest BCUT2D eigenvalue weighted by Crippen LogP contribution is 2.33. The maximum atomic E-state index is 6.27. The standard InChI is InChI=1S/C23H23Cl2NO2/c1-15-7-10-20(11-16(15)2)26-13-17-5-4-6-22(27-3)23(17)28-14-18-8-9-19(24)12-21(18)25/h4-12,26H,13-14H2,1-3H3. The van der Waals surface area contributed by atoms with Gasteiger partial charge < -0.3 is 14.8 Å². The number of ether oxygens (including phenoxy) is 2. The first-order valence-corrected chi connectivity index (χ1v) is 9.77. The largest absolute Gasteiger partial charge is 0.493 e. The van der Waals surface area contributed by atoms with Gasteiger partial charge in [-0.3, -0.25) is 0 Å². The van der Waals surface area contributed by atoms with Crippen LogP contribution in [0.2, 0.25) is 10.0 Å². The molecule has 3 rings (SSSR count). The summed E-state index contributed by atoms with van der Waals surface area (Å²) in [7, 11) is 1.64. The van der Waals surface area contributed by atoms with E-state index >= 15 is 0 Å². The van der Waals surface area contributed by atoms with Crippen molar-refractivity contribution in [2.75, 3.05) is 12.4 Å². The second-order valence-corrected chi connectivity index (χ2v) is 7.47. The Hall–Kier alpha value is -2.36. The van der Waals surface area contributed by atoms with E-state index in [0.29, 0.717) is 34.7 Å². The molecule has 0 bridgehead atoms. The van der Waals surface area contributed by atoms with Crippen molar-refractivity contribution < 1.29 is 9.47 Å². The predicted octanol–water partition coefficient (Wildman–Crippen LogP) is 6.81. The molecule has 0 aromatic heterocycles. The van der Waals surface area contributed by atoms with Crippen molar-refractivity contribution in [1.29, 1.82) is 0 Å². The van der Waals surface area contributed by atoms with E-state index in [2.05, 4.69) is 37.4 Å². The number of hydrogen-bond donors (Lipinski definition) is 1. The zero-order chi connectivity index (χ0) is 20.1. The highest BCUT2D eigenvalue weighted by atomic mass is 35.5. The number of para-hydroxylation sites is 1. The number of rotatable bonds is 7. The summed E-state index contributed by atoms with van der Waals surface area (Å²) in [4.78, 5) is 0. The van der Waals surface area contributed by atoms with E-state index < -0.39 is 0 Å². The molecule has 0 fully saturated rings. The number of hydrogen-bond acceptors (Lipinski definition) is 3. The van der Waals surface area contributed by atoms with Crippen LogP contribution in [0.5, 0.6) is 11.5 Å². The molecule has 0 radical (unpaired) electrons. The van der Waals surface area contributed by atoms with E-state index in [1.807, 2.05) is 24.3 Å². The molecular weight excluding hydrogens is 393 g/mol. The van der Waals surface area contributed by atoms with Gasteiger partial charge in [-0.15, -0.1) is 0 Å². The molecule has 146 valence electrons. The van der Waals surface area contributed by atoms with Gasteiger partial charge in [-0.2, -0.15) is 0 Å². The molecule has 0 spiro atoms. The summed E-state index contributed by atoms with van der Waals surface area (Å²) in [5, 5.41) is 4.64. The van der Waals surface area contributed by atoms with Crippen molar-refractivity contribution in [2.24, 2.45) is 0 Å². The summed E-state index contributed by atoms with van der Waals surface area (Å²) < 4.78 is 11.6. The monoisotopic (exact) mass is 415 g/mol. The summed E-state index contributed by atoms with van der Waals surface area (Å²) in [5.41, 5.74) is 5.46. The van der Waals surface area contributed by atoms with Gasteiger partial charge in [-0.05, 0) is 55.3 Å². The van der Waals surface area contributed by atoms with Crippen molar-refractivity contribution in [2.45, 2.75) is 27.0 Å². The molecule has 0 aliphatic carbocycles. The van der Waals surface area contributed by atoms with E-state index in [0.717, 1.165) is 16.8 Å². The Bertz CT molecular complexity index is 973. The lowest BCUT2D eigenvalue weighted by molar-refractivity contribution is 0.282. The van der Waals surface area contributed by atoms with Crippen molar-refractivity contribution >= 4 is 28.9 Å². The lowest BCUT2D eigenvalue weighted by Crippen LogP contribution is -2.05. The third-order valence-electron chi connectivity index (χ3n) is 4.66. The van der Waals surface area contributed by atoms with Crippen LogP contribution in [-0.2, 0) is 13.2 Å². The van der Waals surface area contributed by atoms with Gasteiger partial charge in [0, 0.05) is 33.4 Å². The molecule has 3 aromatic carbocycles. The average molecular weight is 416 g/mol. The van der Waals surface area contributed by atoms with Crippen LogP contribution in [0, 0.1) is 13.8 Å². The number of methoxy groups -OCH3 is 1. The van der Waals surface area contributed by atoms with E-state index in [4.69, 9.17) is 32.7 Å². The van der Waals surface area contributed by atoms with Gasteiger partial charge >= 0.3 is 0 Å². The summed E-state index contributed by atoms with van der Waals surface area (Å²) in [6.07, 6.45) is 0. The van der Waals surface area contributed by atoms with Crippen LogP contribution in [-0.4, -0.2) is 7.11 Å². The summed E-state index contributed by atoms with van der Waals surface area (Å²) in [6, 6.07) is 17.6. The Morgan fingerprint density at radius 2 is 1.71 bits per heavy atom. The van der Waals surface area contributed by atoms with E-state index in [1.54, 1.807) is 19.2 Å². The Labute approximate surface area is 176 Å². The molecule has 3 nitrogen and oxygen atoms in total. The second kappa shape index (κ2) is 9.22. The SMILES string of the molecule is COc1cccc(CNc2ccc(C)c(C)c2)c1OCc1ccc(Cl)cc1Cl. The van der Waals surface area contributed by atoms with Gasteiger partial charge in [0.15, 0.2) is 11.5 Å². The number of aryl methyl sites for hydroxylation is 2. The molecule has 0 unspecified atom stereocenters. The van der Waals surface area contributed by atoms with E-state index in [1.165, 1.54) is 11.1 Å². The van der Waals surface area contributed by atoms with Gasteiger partial charge in [0.1, 0.15) is 6.61 Å². The van der Waals surface area contributed by atoms with Gasteiger partial charge in [0.25, 0.3) is 0 Å². The molecule has 0 aliphatic heterocycles. The van der Waals surface area contributed by atoms with Gasteiger partial charge in [0.05, 0.1) is 7.11 Å². The van der Waals surface area contributed by atoms with E-state index in [9.17, 15) is 0 Å². The lowest BCUT2D eigenvalue weighted by Gasteiger charge is -2.17. The molecule has 0 amide bonds. The minimum atomic E-state index is 0.326. The smallest absolute Gasteiger partial charge is 0.166 e. The second-order valence-electron chi connectivity index (χ2n) is 6.63. The third kappa shape index (κ3) is 4.92. The first kappa shape index (κ1) is 20.4. The van der Waals surface area contributed by atoms with Crippen LogP contribution in [0.15, 0.2) is 54.6 Å². The Morgan fingerprint density at radius 1 is 0.893 bits per heavy atom. The first-order chi connectivity index (χ1) is 13.5. The summed E-state index contributed by atoms with van der Waals surface area (Å²) >= 11 is 12.2. The molecule has 0 aliphatic rings. The number of halogens is 2. The maximum Gasteiger partial charge on any atom is 0.166 e. The molecule has 0 atom stereocenters. The minimum Gasteiger partial charge on any atom is -0.493 e. The molecule has 5 heteroatoms. The van der Waals surface area contributed by atoms with Gasteiger partial charge in [-0.1, -0.05) is 47.5 Å². The Kier molecular flexibility index (Phi) is 6.71. The van der Waals surface area contributed by atoms with Crippen LogP contribution < -0.4 is 14.8 Å². The Balaban J connectivity index is 1.78. The Morgan fingerprint density at radius 3 is 2.43 bits per heavy atom. The number of benzene rings is 3. The van der Waals surface area contributed by atoms with Crippen molar-refractivity contribution in [3.63, 3.8) is 0 Å². The molecule has 28 heavy (non-hydrogen) atoms. The highest BCUT2D eigenvalue weighted by Gasteiger charge is 2.12. The maximum absolute atomic E-state index is 6.27. The van der Waals surface area contributed by atoms with E-state index in [-0.39, 0.29) is 0 Å². The normalized spacial score (nSPS) is 10.6. The first-order valence-electron chi connectivity index (χ1n) is 9.01. The zero-order valence-corrected chi connectivity index (χ0v) is 17.7. The fourth-order valence-corrected chi connectivity index (χ4v) is 3.33. The number of nitrogens with one attached hydrogen (secondary N) is 1. The topological polar surface area (TPSA) is 30.5 Å². The van der Waals surface area contributed by atoms with Crippen LogP contribution >= 0.6 is 23.2 Å². The molecule has 1 N–H and O–H groups in total. The van der Waals surface area contributed by atoms with Crippen LogP contribution in [0.25, 0.3) is 0 Å². The van der Waals surface area contributed by atoms with Crippen molar-refractivity contribution in [3.8, 4) is 11.5 Å². The van der Waals surface area contributed by atoms with Crippen LogP contribution in [0.4, 0.5) is 5.69 Å². The van der Waals surface area contributed by atoms with Crippen LogP contribution in [0.1, 0.15) is 22.3 Å². The summed E-state index contributed by atoms with van der Waals surface area (Å²) in [6.45, 7) is 5.15. The number of anilines is 1. The van der Waals surface area contributed by atoms with Crippen molar-refractivity contribution in [1.82, 2.24) is 0 Å². The minimum absolute atomic E-state index is 0.326. The van der Waals surface area contributed by atoms with Gasteiger partial charge in [0.2, 0.25) is 0 Å². The fraction of sp³-hybridized carbons (Fsp3) is 0.217. The highest BCUT2D eigenvalue weighted by molar-refractivity contribution is 6.35. The average Bonchev–Trinajstić information content (AvgIpc) is 2.68. The molecule has 0 saturated carbocycles. The predicted molar refractivity (Wildman–Crippen MR) is 117 cm³/mol. The molecule has 0 heterocycles. The lowest BCUT2D eigenvalue weighted by atomic mass is 10.1. The quantitative estimate of drug-likeness (QED) is 0.459. The summed E-state index contributed by atoms with van der Waals surface area (Å²) in [5.74, 6) is 1.39. The molecule has 0 saturated heterocycles. The fourth-order valence-electron chi connectivity index (χ4n) is 2.86. The molecule has 3 aromatic rings. The van der Waals surface area contributed by atoms with Gasteiger partial charge in [-0.25, -0.2) is 0 Å². The van der Waals surface area contributed by atoms with Crippen molar-refractivity contribution in [3.05, 3.63) is 86.9 Å². The zero-order valence-electron chi connectivity index (χ0n) is 16.2. The van der Waals surface area contributed by atoms with Crippen LogP contribution in [0.3, 0.4) is 0 Å².